The Hall–Kier alpha value is -2.89. The summed E-state index contributed by atoms with van der Waals surface area (Å²) in [7, 11) is 3.09. The second-order valence-corrected chi connectivity index (χ2v) is 5.31. The highest BCUT2D eigenvalue weighted by atomic mass is 16.6. The predicted molar refractivity (Wildman–Crippen MR) is 88.2 cm³/mol. The van der Waals surface area contributed by atoms with Crippen LogP contribution in [0.3, 0.4) is 0 Å². The molecule has 6 heteroatoms. The lowest BCUT2D eigenvalue weighted by Crippen LogP contribution is -2.40. The summed E-state index contributed by atoms with van der Waals surface area (Å²) >= 11 is 0. The summed E-state index contributed by atoms with van der Waals surface area (Å²) in [5.41, 5.74) is 0.461. The van der Waals surface area contributed by atoms with Crippen molar-refractivity contribution in [2.24, 2.45) is 0 Å². The molecule has 0 saturated heterocycles. The molecule has 1 aliphatic rings. The van der Waals surface area contributed by atoms with E-state index in [9.17, 15) is 4.79 Å². The molecule has 0 fully saturated rings. The summed E-state index contributed by atoms with van der Waals surface area (Å²) in [5, 5.41) is 2.85. The van der Waals surface area contributed by atoms with Crippen LogP contribution in [0.25, 0.3) is 0 Å². The van der Waals surface area contributed by atoms with Gasteiger partial charge in [-0.25, -0.2) is 0 Å². The van der Waals surface area contributed by atoms with Gasteiger partial charge in [-0.15, -0.1) is 0 Å². The monoisotopic (exact) mass is 329 g/mol. The van der Waals surface area contributed by atoms with Gasteiger partial charge in [-0.05, 0) is 24.3 Å². The maximum absolute atomic E-state index is 12.4. The summed E-state index contributed by atoms with van der Waals surface area (Å²) in [6.07, 6.45) is -0.239. The number of amides is 1. The predicted octanol–water partition coefficient (Wildman–Crippen LogP) is 2.27. The number of hydrogen-bond donors (Lipinski definition) is 1. The molecule has 24 heavy (non-hydrogen) atoms. The molecule has 0 aromatic heterocycles. The smallest absolute Gasteiger partial charge is 0.251 e. The molecule has 1 aliphatic heterocycles. The minimum absolute atomic E-state index is 0.227. The van der Waals surface area contributed by atoms with Crippen LogP contribution < -0.4 is 24.3 Å². The summed E-state index contributed by atoms with van der Waals surface area (Å²) in [4.78, 5) is 12.4. The van der Waals surface area contributed by atoms with E-state index in [2.05, 4.69) is 5.32 Å². The van der Waals surface area contributed by atoms with Gasteiger partial charge in [0.15, 0.2) is 11.5 Å². The zero-order valence-corrected chi connectivity index (χ0v) is 13.6. The number of hydrogen-bond acceptors (Lipinski definition) is 5. The molecule has 1 N–H and O–H groups in total. The van der Waals surface area contributed by atoms with Crippen molar-refractivity contribution < 1.29 is 23.7 Å². The second-order valence-electron chi connectivity index (χ2n) is 5.31. The molecule has 1 heterocycles. The van der Waals surface area contributed by atoms with Crippen molar-refractivity contribution in [2.45, 2.75) is 6.10 Å². The second kappa shape index (κ2) is 7.12. The number of methoxy groups -OCH3 is 2. The Kier molecular flexibility index (Phi) is 4.74. The lowest BCUT2D eigenvalue weighted by Gasteiger charge is -2.26. The van der Waals surface area contributed by atoms with Crippen molar-refractivity contribution in [1.82, 2.24) is 5.32 Å². The average molecular weight is 329 g/mol. The molecule has 2 aromatic rings. The Morgan fingerprint density at radius 3 is 2.46 bits per heavy atom. The van der Waals surface area contributed by atoms with Crippen molar-refractivity contribution in [3.63, 3.8) is 0 Å². The van der Waals surface area contributed by atoms with Gasteiger partial charge in [0.2, 0.25) is 0 Å². The first kappa shape index (κ1) is 16.0. The number of rotatable bonds is 5. The van der Waals surface area contributed by atoms with E-state index < -0.39 is 0 Å². The number of nitrogens with one attached hydrogen (secondary N) is 1. The summed E-state index contributed by atoms with van der Waals surface area (Å²) in [6, 6.07) is 12.5. The third kappa shape index (κ3) is 3.53. The number of para-hydroxylation sites is 2. The first-order chi connectivity index (χ1) is 11.7. The number of carbonyl (C=O) groups excluding carboxylic acids is 1. The molecule has 0 unspecified atom stereocenters. The summed E-state index contributed by atoms with van der Waals surface area (Å²) < 4.78 is 21.8. The van der Waals surface area contributed by atoms with Crippen LogP contribution in [-0.2, 0) is 0 Å². The molecule has 0 spiro atoms. The third-order valence-corrected chi connectivity index (χ3v) is 3.67. The van der Waals surface area contributed by atoms with Gasteiger partial charge in [-0.1, -0.05) is 12.1 Å². The zero-order valence-electron chi connectivity index (χ0n) is 13.6. The van der Waals surface area contributed by atoms with E-state index in [1.165, 1.54) is 0 Å². The molecule has 0 radical (unpaired) electrons. The Labute approximate surface area is 140 Å². The third-order valence-electron chi connectivity index (χ3n) is 3.67. The van der Waals surface area contributed by atoms with E-state index in [0.29, 0.717) is 36.0 Å². The van der Waals surface area contributed by atoms with Crippen molar-refractivity contribution in [3.05, 3.63) is 48.0 Å². The van der Waals surface area contributed by atoms with E-state index in [0.717, 1.165) is 5.75 Å². The number of ether oxygens (including phenoxy) is 4. The van der Waals surface area contributed by atoms with Crippen LogP contribution in [0, 0.1) is 0 Å². The average Bonchev–Trinajstić information content (AvgIpc) is 2.65. The molecular weight excluding hydrogens is 310 g/mol. The Morgan fingerprint density at radius 2 is 1.79 bits per heavy atom. The topological polar surface area (TPSA) is 66.0 Å². The maximum atomic E-state index is 12.4. The molecule has 1 atom stereocenters. The van der Waals surface area contributed by atoms with Crippen LogP contribution in [0.5, 0.6) is 23.0 Å². The first-order valence-corrected chi connectivity index (χ1v) is 7.59. The van der Waals surface area contributed by atoms with Crippen LogP contribution in [0.2, 0.25) is 0 Å². The highest BCUT2D eigenvalue weighted by molar-refractivity contribution is 5.95. The molecule has 126 valence electrons. The largest absolute Gasteiger partial charge is 0.497 e. The quantitative estimate of drug-likeness (QED) is 0.911. The van der Waals surface area contributed by atoms with Gasteiger partial charge >= 0.3 is 0 Å². The van der Waals surface area contributed by atoms with E-state index in [-0.39, 0.29) is 12.0 Å². The highest BCUT2D eigenvalue weighted by Crippen LogP contribution is 2.30. The molecule has 0 saturated carbocycles. The minimum Gasteiger partial charge on any atom is -0.497 e. The normalized spacial score (nSPS) is 15.5. The fraction of sp³-hybridized carbons (Fsp3) is 0.278. The van der Waals surface area contributed by atoms with Crippen LogP contribution in [0.1, 0.15) is 10.4 Å². The molecule has 6 nitrogen and oxygen atoms in total. The molecule has 0 bridgehead atoms. The van der Waals surface area contributed by atoms with Crippen LogP contribution in [0.4, 0.5) is 0 Å². The van der Waals surface area contributed by atoms with E-state index in [4.69, 9.17) is 18.9 Å². The Bertz CT molecular complexity index is 709. The molecule has 3 rings (SSSR count). The number of benzene rings is 2. The lowest BCUT2D eigenvalue weighted by molar-refractivity contribution is 0.0789. The van der Waals surface area contributed by atoms with Crippen LogP contribution in [0.15, 0.2) is 42.5 Å². The van der Waals surface area contributed by atoms with Gasteiger partial charge in [0, 0.05) is 11.6 Å². The number of fused-ring (bicyclic) bond motifs is 1. The number of carbonyl (C=O) groups is 1. The van der Waals surface area contributed by atoms with Gasteiger partial charge in [-0.3, -0.25) is 4.79 Å². The van der Waals surface area contributed by atoms with Crippen molar-refractivity contribution >= 4 is 5.91 Å². The molecular formula is C18H19NO5. The SMILES string of the molecule is COc1cc(OC)cc(C(=O)NC[C@H]2COc3ccccc3O2)c1. The van der Waals surface area contributed by atoms with Crippen molar-refractivity contribution in [1.29, 1.82) is 0 Å². The molecule has 0 aliphatic carbocycles. The van der Waals surface area contributed by atoms with E-state index >= 15 is 0 Å². The van der Waals surface area contributed by atoms with Gasteiger partial charge in [0.1, 0.15) is 24.2 Å². The highest BCUT2D eigenvalue weighted by Gasteiger charge is 2.21. The molecule has 1 amide bonds. The fourth-order valence-corrected chi connectivity index (χ4v) is 2.41. The van der Waals surface area contributed by atoms with Crippen LogP contribution in [-0.4, -0.2) is 39.4 Å². The Morgan fingerprint density at radius 1 is 1.12 bits per heavy atom. The van der Waals surface area contributed by atoms with Gasteiger partial charge in [-0.2, -0.15) is 0 Å². The van der Waals surface area contributed by atoms with Gasteiger partial charge < -0.3 is 24.3 Å². The maximum Gasteiger partial charge on any atom is 0.251 e. The van der Waals surface area contributed by atoms with Gasteiger partial charge in [0.25, 0.3) is 5.91 Å². The summed E-state index contributed by atoms with van der Waals surface area (Å²) in [6.45, 7) is 0.728. The van der Waals surface area contributed by atoms with Crippen molar-refractivity contribution in [2.75, 3.05) is 27.4 Å². The van der Waals surface area contributed by atoms with E-state index in [1.54, 1.807) is 32.4 Å². The standard InChI is InChI=1S/C18H19NO5/c1-21-13-7-12(8-14(9-13)22-2)18(20)19-10-15-11-23-16-5-3-4-6-17(16)24-15/h3-9,15H,10-11H2,1-2H3,(H,19,20)/t15-/m0/s1. The van der Waals surface area contributed by atoms with Crippen LogP contribution >= 0.6 is 0 Å². The minimum atomic E-state index is -0.239. The zero-order chi connectivity index (χ0) is 16.9. The van der Waals surface area contributed by atoms with E-state index in [1.807, 2.05) is 24.3 Å². The lowest BCUT2D eigenvalue weighted by atomic mass is 10.2. The fourth-order valence-electron chi connectivity index (χ4n) is 2.41. The Balaban J connectivity index is 1.62. The van der Waals surface area contributed by atoms with Gasteiger partial charge in [0.05, 0.1) is 20.8 Å². The van der Waals surface area contributed by atoms with Crippen molar-refractivity contribution in [3.8, 4) is 23.0 Å². The first-order valence-electron chi connectivity index (χ1n) is 7.59. The summed E-state index contributed by atoms with van der Waals surface area (Å²) in [5.74, 6) is 2.30. The molecule has 2 aromatic carbocycles.